The number of imidazole rings is 1. The number of nitrogens with zero attached hydrogens (tertiary/aromatic N) is 2. The van der Waals surface area contributed by atoms with Gasteiger partial charge in [-0.25, -0.2) is 14.8 Å². The van der Waals surface area contributed by atoms with E-state index in [1.807, 2.05) is 0 Å². The van der Waals surface area contributed by atoms with Gasteiger partial charge < -0.3 is 15.8 Å². The first kappa shape index (κ1) is 8.64. The van der Waals surface area contributed by atoms with E-state index in [-0.39, 0.29) is 12.1 Å². The number of hydrogen-bond donors (Lipinski definition) is 3. The van der Waals surface area contributed by atoms with Crippen molar-refractivity contribution in [3.8, 4) is 0 Å². The number of pyridine rings is 1. The molecule has 2 rings (SSSR count). The van der Waals surface area contributed by atoms with E-state index >= 15 is 0 Å². The molecule has 2 heterocycles. The van der Waals surface area contributed by atoms with Crippen molar-refractivity contribution < 1.29 is 9.90 Å². The van der Waals surface area contributed by atoms with Crippen LogP contribution in [0, 0.1) is 0 Å². The third kappa shape index (κ3) is 1.31. The van der Waals surface area contributed by atoms with E-state index in [9.17, 15) is 4.79 Å². The van der Waals surface area contributed by atoms with Gasteiger partial charge in [0.1, 0.15) is 5.82 Å². The maximum Gasteiger partial charge on any atom is 0.337 e. The van der Waals surface area contributed by atoms with Crippen LogP contribution in [-0.2, 0) is 6.54 Å². The second-order valence-electron chi connectivity index (χ2n) is 2.79. The van der Waals surface area contributed by atoms with Crippen LogP contribution in [0.4, 0.5) is 0 Å². The highest BCUT2D eigenvalue weighted by Crippen LogP contribution is 2.10. The number of aromatic carboxylic acids is 1. The molecule has 0 amide bonds. The Bertz CT molecular complexity index is 491. The number of carbonyl (C=O) groups is 1. The van der Waals surface area contributed by atoms with Crippen LogP contribution < -0.4 is 5.73 Å². The fourth-order valence-electron chi connectivity index (χ4n) is 1.16. The van der Waals surface area contributed by atoms with Gasteiger partial charge in [-0.15, -0.1) is 0 Å². The van der Waals surface area contributed by atoms with Crippen LogP contribution in [0.2, 0.25) is 0 Å². The molecule has 72 valence electrons. The average Bonchev–Trinajstić information content (AvgIpc) is 2.58. The van der Waals surface area contributed by atoms with E-state index in [1.54, 1.807) is 0 Å². The number of rotatable bonds is 2. The van der Waals surface area contributed by atoms with Crippen molar-refractivity contribution >= 4 is 17.1 Å². The quantitative estimate of drug-likeness (QED) is 0.626. The molecule has 2 aromatic heterocycles. The number of carboxylic acids is 1. The fraction of sp³-hybridized carbons (Fsp3) is 0.125. The van der Waals surface area contributed by atoms with Gasteiger partial charge in [0.25, 0.3) is 0 Å². The summed E-state index contributed by atoms with van der Waals surface area (Å²) in [5.41, 5.74) is 6.57. The summed E-state index contributed by atoms with van der Waals surface area (Å²) in [4.78, 5) is 21.4. The molecule has 6 nitrogen and oxygen atoms in total. The number of aromatic nitrogens is 3. The van der Waals surface area contributed by atoms with Gasteiger partial charge in [0, 0.05) is 6.20 Å². The van der Waals surface area contributed by atoms with Gasteiger partial charge >= 0.3 is 5.97 Å². The minimum atomic E-state index is -1.01. The summed E-state index contributed by atoms with van der Waals surface area (Å²) < 4.78 is 0. The number of nitrogens with two attached hydrogens (primary N) is 1. The van der Waals surface area contributed by atoms with Crippen LogP contribution in [0.15, 0.2) is 12.3 Å². The van der Waals surface area contributed by atoms with E-state index in [1.165, 1.54) is 12.3 Å². The van der Waals surface area contributed by atoms with E-state index in [0.29, 0.717) is 17.0 Å². The van der Waals surface area contributed by atoms with Gasteiger partial charge in [0.2, 0.25) is 0 Å². The van der Waals surface area contributed by atoms with Gasteiger partial charge in [-0.3, -0.25) is 0 Å². The highest BCUT2D eigenvalue weighted by molar-refractivity contribution is 5.90. The summed E-state index contributed by atoms with van der Waals surface area (Å²) in [5.74, 6) is -0.418. The Morgan fingerprint density at radius 3 is 3.07 bits per heavy atom. The predicted molar refractivity (Wildman–Crippen MR) is 48.7 cm³/mol. The first-order valence-electron chi connectivity index (χ1n) is 3.98. The number of carboxylic acid groups (broad SMARTS) is 1. The molecule has 0 aliphatic carbocycles. The topological polar surface area (TPSA) is 105 Å². The number of hydrogen-bond acceptors (Lipinski definition) is 4. The smallest absolute Gasteiger partial charge is 0.337 e. The molecule has 0 aliphatic rings. The zero-order valence-electron chi connectivity index (χ0n) is 7.19. The lowest BCUT2D eigenvalue weighted by Crippen LogP contribution is -1.97. The fourth-order valence-corrected chi connectivity index (χ4v) is 1.16. The van der Waals surface area contributed by atoms with Crippen LogP contribution in [0.25, 0.3) is 11.2 Å². The lowest BCUT2D eigenvalue weighted by atomic mass is 10.3. The molecule has 0 unspecified atom stereocenters. The number of fused-ring (bicyclic) bond motifs is 1. The SMILES string of the molecule is NCc1nc2ncc(C(=O)O)cc2[nH]1. The minimum absolute atomic E-state index is 0.129. The first-order valence-corrected chi connectivity index (χ1v) is 3.98. The third-order valence-electron chi connectivity index (χ3n) is 1.83. The summed E-state index contributed by atoms with van der Waals surface area (Å²) >= 11 is 0. The first-order chi connectivity index (χ1) is 6.70. The molecule has 0 aliphatic heterocycles. The molecule has 4 N–H and O–H groups in total. The highest BCUT2D eigenvalue weighted by atomic mass is 16.4. The summed E-state index contributed by atoms with van der Waals surface area (Å²) in [7, 11) is 0. The Morgan fingerprint density at radius 2 is 2.43 bits per heavy atom. The largest absolute Gasteiger partial charge is 0.478 e. The molecular weight excluding hydrogens is 184 g/mol. The molecule has 2 aromatic rings. The van der Waals surface area contributed by atoms with Gasteiger partial charge in [0.15, 0.2) is 5.65 Å². The molecular formula is C8H8N4O2. The van der Waals surface area contributed by atoms with Crippen LogP contribution in [0.3, 0.4) is 0 Å². The Morgan fingerprint density at radius 1 is 1.64 bits per heavy atom. The van der Waals surface area contributed by atoms with Crippen molar-refractivity contribution in [2.75, 3.05) is 0 Å². The summed E-state index contributed by atoms with van der Waals surface area (Å²) in [6.07, 6.45) is 1.27. The Hall–Kier alpha value is -1.95. The van der Waals surface area contributed by atoms with E-state index in [0.717, 1.165) is 0 Å². The zero-order chi connectivity index (χ0) is 10.1. The lowest BCUT2D eigenvalue weighted by molar-refractivity contribution is 0.0696. The molecule has 0 saturated carbocycles. The maximum atomic E-state index is 10.6. The van der Waals surface area contributed by atoms with Crippen molar-refractivity contribution in [3.05, 3.63) is 23.7 Å². The van der Waals surface area contributed by atoms with Crippen molar-refractivity contribution in [2.24, 2.45) is 5.73 Å². The highest BCUT2D eigenvalue weighted by Gasteiger charge is 2.07. The van der Waals surface area contributed by atoms with Crippen molar-refractivity contribution in [2.45, 2.75) is 6.54 Å². The predicted octanol–water partition coefficient (Wildman–Crippen LogP) is 0.115. The van der Waals surface area contributed by atoms with Gasteiger partial charge in [-0.2, -0.15) is 0 Å². The Kier molecular flexibility index (Phi) is 1.90. The molecule has 14 heavy (non-hydrogen) atoms. The standard InChI is InChI=1S/C8H8N4O2/c9-2-6-11-5-1-4(8(13)14)3-10-7(5)12-6/h1,3H,2,9H2,(H,13,14)(H,10,11,12). The monoisotopic (exact) mass is 192 g/mol. The molecule has 0 bridgehead atoms. The van der Waals surface area contributed by atoms with Crippen LogP contribution in [-0.4, -0.2) is 26.0 Å². The number of H-pyrrole nitrogens is 1. The Balaban J connectivity index is 2.59. The number of nitrogens with one attached hydrogen (secondary N) is 1. The number of aromatic amines is 1. The third-order valence-corrected chi connectivity index (χ3v) is 1.83. The minimum Gasteiger partial charge on any atom is -0.478 e. The molecule has 0 saturated heterocycles. The molecule has 6 heteroatoms. The molecule has 0 fully saturated rings. The average molecular weight is 192 g/mol. The van der Waals surface area contributed by atoms with Gasteiger partial charge in [-0.05, 0) is 6.07 Å². The van der Waals surface area contributed by atoms with Crippen molar-refractivity contribution in [1.29, 1.82) is 0 Å². The normalized spacial score (nSPS) is 10.6. The second-order valence-corrected chi connectivity index (χ2v) is 2.79. The zero-order valence-corrected chi connectivity index (χ0v) is 7.19. The van der Waals surface area contributed by atoms with E-state index < -0.39 is 5.97 Å². The van der Waals surface area contributed by atoms with Gasteiger partial charge in [0.05, 0.1) is 17.6 Å². The molecule has 0 aromatic carbocycles. The van der Waals surface area contributed by atoms with Gasteiger partial charge in [-0.1, -0.05) is 0 Å². The lowest BCUT2D eigenvalue weighted by Gasteiger charge is -1.91. The van der Waals surface area contributed by atoms with Crippen LogP contribution in [0.1, 0.15) is 16.2 Å². The summed E-state index contributed by atoms with van der Waals surface area (Å²) in [6, 6.07) is 1.48. The maximum absolute atomic E-state index is 10.6. The van der Waals surface area contributed by atoms with Crippen LogP contribution >= 0.6 is 0 Å². The van der Waals surface area contributed by atoms with Crippen molar-refractivity contribution in [3.63, 3.8) is 0 Å². The molecule has 0 spiro atoms. The van der Waals surface area contributed by atoms with E-state index in [4.69, 9.17) is 10.8 Å². The Labute approximate surface area is 78.8 Å². The van der Waals surface area contributed by atoms with E-state index in [2.05, 4.69) is 15.0 Å². The summed E-state index contributed by atoms with van der Waals surface area (Å²) in [5, 5.41) is 8.71. The van der Waals surface area contributed by atoms with Crippen LogP contribution in [0.5, 0.6) is 0 Å². The van der Waals surface area contributed by atoms with Crippen molar-refractivity contribution in [1.82, 2.24) is 15.0 Å². The molecule has 0 atom stereocenters. The molecule has 0 radical (unpaired) electrons. The second kappa shape index (κ2) is 3.08. The summed E-state index contributed by atoms with van der Waals surface area (Å²) in [6.45, 7) is 0.277.